The fourth-order valence-corrected chi connectivity index (χ4v) is 4.17. The molecule has 144 valence electrons. The summed E-state index contributed by atoms with van der Waals surface area (Å²) in [6.07, 6.45) is 7.54. The first-order valence-corrected chi connectivity index (χ1v) is 10.4. The van der Waals surface area contributed by atoms with Crippen molar-refractivity contribution < 1.29 is 14.3 Å². The number of hydrogen-bond donors (Lipinski definition) is 2. The van der Waals surface area contributed by atoms with E-state index >= 15 is 0 Å². The molecule has 2 aromatic rings. The summed E-state index contributed by atoms with van der Waals surface area (Å²) < 4.78 is 10.6. The van der Waals surface area contributed by atoms with Crippen molar-refractivity contribution in [1.29, 1.82) is 0 Å². The molecule has 2 N–H and O–H groups in total. The number of benzene rings is 1. The van der Waals surface area contributed by atoms with Crippen molar-refractivity contribution in [2.45, 2.75) is 50.2 Å². The molecule has 1 aromatic heterocycles. The molecular weight excluding hydrogens is 364 g/mol. The first kappa shape index (κ1) is 18.2. The van der Waals surface area contributed by atoms with Gasteiger partial charge in [-0.25, -0.2) is 4.98 Å². The maximum atomic E-state index is 12.1. The van der Waals surface area contributed by atoms with Crippen LogP contribution in [0.3, 0.4) is 0 Å². The lowest BCUT2D eigenvalue weighted by molar-refractivity contribution is -0.118. The minimum absolute atomic E-state index is 0.0463. The van der Waals surface area contributed by atoms with Crippen molar-refractivity contribution in [2.75, 3.05) is 12.5 Å². The van der Waals surface area contributed by atoms with Crippen LogP contribution in [0, 0.1) is 5.92 Å². The number of carbonyl (C=O) groups excluding carboxylic acids is 1. The number of aryl methyl sites for hydroxylation is 1. The molecule has 2 aliphatic rings. The van der Waals surface area contributed by atoms with Crippen molar-refractivity contribution >= 4 is 17.7 Å². The SMILES string of the molecule is O=C(CSc1n[nH]c(CCC2CCCC2)n1)NCc1ccc2c(c1)OCO2. The van der Waals surface area contributed by atoms with Gasteiger partial charge in [0.15, 0.2) is 11.5 Å². The van der Waals surface area contributed by atoms with Crippen LogP contribution in [0.25, 0.3) is 0 Å². The number of carbonyl (C=O) groups is 1. The summed E-state index contributed by atoms with van der Waals surface area (Å²) in [6, 6.07) is 5.67. The van der Waals surface area contributed by atoms with E-state index in [1.807, 2.05) is 18.2 Å². The smallest absolute Gasteiger partial charge is 0.231 e. The molecule has 1 aromatic carbocycles. The van der Waals surface area contributed by atoms with E-state index in [0.29, 0.717) is 17.5 Å². The summed E-state index contributed by atoms with van der Waals surface area (Å²) in [5, 5.41) is 10.7. The molecule has 0 spiro atoms. The second kappa shape index (κ2) is 8.65. The van der Waals surface area contributed by atoms with Gasteiger partial charge in [0.2, 0.25) is 17.9 Å². The number of amides is 1. The second-order valence-corrected chi connectivity index (χ2v) is 7.95. The summed E-state index contributed by atoms with van der Waals surface area (Å²) in [5.74, 6) is 3.48. The Bertz CT molecular complexity index is 789. The molecule has 1 aliphatic carbocycles. The Morgan fingerprint density at radius 3 is 3.00 bits per heavy atom. The van der Waals surface area contributed by atoms with Crippen LogP contribution in [-0.4, -0.2) is 33.6 Å². The van der Waals surface area contributed by atoms with Crippen LogP contribution in [0.5, 0.6) is 11.5 Å². The molecule has 4 rings (SSSR count). The van der Waals surface area contributed by atoms with Gasteiger partial charge in [-0.2, -0.15) is 0 Å². The van der Waals surface area contributed by atoms with E-state index in [1.165, 1.54) is 43.9 Å². The van der Waals surface area contributed by atoms with Crippen LogP contribution >= 0.6 is 11.8 Å². The van der Waals surface area contributed by atoms with Crippen LogP contribution in [-0.2, 0) is 17.8 Å². The number of nitrogens with one attached hydrogen (secondary N) is 2. The number of rotatable bonds is 8. The zero-order valence-electron chi connectivity index (χ0n) is 15.2. The maximum Gasteiger partial charge on any atom is 0.231 e. The Morgan fingerprint density at radius 1 is 1.26 bits per heavy atom. The van der Waals surface area contributed by atoms with Crippen LogP contribution in [0.2, 0.25) is 0 Å². The van der Waals surface area contributed by atoms with Gasteiger partial charge in [0.25, 0.3) is 0 Å². The number of aromatic amines is 1. The Morgan fingerprint density at radius 2 is 2.11 bits per heavy atom. The second-order valence-electron chi connectivity index (χ2n) is 7.01. The highest BCUT2D eigenvalue weighted by Gasteiger charge is 2.16. The first-order chi connectivity index (χ1) is 13.3. The zero-order valence-corrected chi connectivity index (χ0v) is 16.0. The minimum atomic E-state index is -0.0463. The largest absolute Gasteiger partial charge is 0.454 e. The van der Waals surface area contributed by atoms with Gasteiger partial charge in [-0.3, -0.25) is 9.89 Å². The van der Waals surface area contributed by atoms with Crippen molar-refractivity contribution in [3.8, 4) is 11.5 Å². The molecule has 8 heteroatoms. The molecule has 0 bridgehead atoms. The van der Waals surface area contributed by atoms with Gasteiger partial charge in [-0.15, -0.1) is 5.10 Å². The van der Waals surface area contributed by atoms with E-state index < -0.39 is 0 Å². The highest BCUT2D eigenvalue weighted by molar-refractivity contribution is 7.99. The van der Waals surface area contributed by atoms with E-state index in [0.717, 1.165) is 35.2 Å². The summed E-state index contributed by atoms with van der Waals surface area (Å²) in [7, 11) is 0. The van der Waals surface area contributed by atoms with Crippen molar-refractivity contribution in [3.05, 3.63) is 29.6 Å². The average Bonchev–Trinajstić information content (AvgIpc) is 3.44. The van der Waals surface area contributed by atoms with Gasteiger partial charge in [0.1, 0.15) is 5.82 Å². The number of aromatic nitrogens is 3. The summed E-state index contributed by atoms with van der Waals surface area (Å²) >= 11 is 1.35. The van der Waals surface area contributed by atoms with E-state index in [4.69, 9.17) is 9.47 Å². The standard InChI is InChI=1S/C19H24N4O3S/c24-18(20-10-14-5-7-15-16(9-14)26-12-25-15)11-27-19-21-17(22-23-19)8-6-13-3-1-2-4-13/h5,7,9,13H,1-4,6,8,10-12H2,(H,20,24)(H,21,22,23). The summed E-state index contributed by atoms with van der Waals surface area (Å²) in [4.78, 5) is 16.6. The molecule has 1 saturated carbocycles. The predicted octanol–water partition coefficient (Wildman–Crippen LogP) is 3.06. The summed E-state index contributed by atoms with van der Waals surface area (Å²) in [5.41, 5.74) is 0.977. The normalized spacial score (nSPS) is 16.0. The number of hydrogen-bond acceptors (Lipinski definition) is 6. The Hall–Kier alpha value is -2.22. The van der Waals surface area contributed by atoms with Crippen LogP contribution < -0.4 is 14.8 Å². The monoisotopic (exact) mass is 388 g/mol. The lowest BCUT2D eigenvalue weighted by Crippen LogP contribution is -2.24. The van der Waals surface area contributed by atoms with Crippen molar-refractivity contribution in [3.63, 3.8) is 0 Å². The van der Waals surface area contributed by atoms with E-state index in [9.17, 15) is 4.79 Å². The Kier molecular flexibility index (Phi) is 5.81. The molecule has 27 heavy (non-hydrogen) atoms. The topological polar surface area (TPSA) is 89.1 Å². The lowest BCUT2D eigenvalue weighted by atomic mass is 10.0. The molecule has 0 unspecified atom stereocenters. The molecule has 0 radical (unpaired) electrons. The van der Waals surface area contributed by atoms with E-state index in [1.54, 1.807) is 0 Å². The third-order valence-corrected chi connectivity index (χ3v) is 5.88. The lowest BCUT2D eigenvalue weighted by Gasteiger charge is -2.06. The van der Waals surface area contributed by atoms with Gasteiger partial charge in [0, 0.05) is 13.0 Å². The molecule has 2 heterocycles. The third-order valence-electron chi connectivity index (χ3n) is 5.03. The van der Waals surface area contributed by atoms with E-state index in [2.05, 4.69) is 20.5 Å². The summed E-state index contributed by atoms with van der Waals surface area (Å²) in [6.45, 7) is 0.706. The van der Waals surface area contributed by atoms with Gasteiger partial charge in [-0.1, -0.05) is 43.5 Å². The van der Waals surface area contributed by atoms with Crippen molar-refractivity contribution in [1.82, 2.24) is 20.5 Å². The molecule has 0 saturated heterocycles. The molecule has 1 aliphatic heterocycles. The molecule has 1 fully saturated rings. The van der Waals surface area contributed by atoms with Crippen LogP contribution in [0.15, 0.2) is 23.4 Å². The first-order valence-electron chi connectivity index (χ1n) is 9.45. The number of ether oxygens (including phenoxy) is 2. The highest BCUT2D eigenvalue weighted by Crippen LogP contribution is 2.32. The predicted molar refractivity (Wildman–Crippen MR) is 102 cm³/mol. The number of H-pyrrole nitrogens is 1. The third kappa shape index (κ3) is 4.94. The van der Waals surface area contributed by atoms with E-state index in [-0.39, 0.29) is 12.7 Å². The molecule has 0 atom stereocenters. The Balaban J connectivity index is 1.18. The number of nitrogens with zero attached hydrogens (tertiary/aromatic N) is 2. The van der Waals surface area contributed by atoms with Gasteiger partial charge in [-0.05, 0) is 30.0 Å². The zero-order chi connectivity index (χ0) is 18.5. The quantitative estimate of drug-likeness (QED) is 0.676. The fraction of sp³-hybridized carbons (Fsp3) is 0.526. The molecular formula is C19H24N4O3S. The van der Waals surface area contributed by atoms with Gasteiger partial charge >= 0.3 is 0 Å². The fourth-order valence-electron chi connectivity index (χ4n) is 3.53. The number of fused-ring (bicyclic) bond motifs is 1. The van der Waals surface area contributed by atoms with Crippen LogP contribution in [0.1, 0.15) is 43.5 Å². The Labute approximate surface area is 162 Å². The number of thioether (sulfide) groups is 1. The van der Waals surface area contributed by atoms with Gasteiger partial charge < -0.3 is 14.8 Å². The average molecular weight is 388 g/mol. The van der Waals surface area contributed by atoms with Crippen LogP contribution in [0.4, 0.5) is 0 Å². The molecule has 7 nitrogen and oxygen atoms in total. The van der Waals surface area contributed by atoms with Gasteiger partial charge in [0.05, 0.1) is 5.75 Å². The minimum Gasteiger partial charge on any atom is -0.454 e. The maximum absolute atomic E-state index is 12.1. The highest BCUT2D eigenvalue weighted by atomic mass is 32.2. The van der Waals surface area contributed by atoms with Crippen molar-refractivity contribution in [2.24, 2.45) is 5.92 Å². The molecule has 1 amide bonds.